The van der Waals surface area contributed by atoms with E-state index >= 15 is 0 Å². The molecule has 0 atom stereocenters. The van der Waals surface area contributed by atoms with Crippen molar-refractivity contribution in [1.29, 1.82) is 0 Å². The lowest BCUT2D eigenvalue weighted by atomic mass is 10.1. The summed E-state index contributed by atoms with van der Waals surface area (Å²) in [4.78, 5) is 16.3. The zero-order valence-electron chi connectivity index (χ0n) is 14.3. The van der Waals surface area contributed by atoms with Crippen LogP contribution in [0.5, 0.6) is 0 Å². The van der Waals surface area contributed by atoms with Crippen molar-refractivity contribution >= 4 is 38.4 Å². The molecule has 0 radical (unpaired) electrons. The number of benzene rings is 1. The van der Waals surface area contributed by atoms with Gasteiger partial charge in [-0.15, -0.1) is 0 Å². The van der Waals surface area contributed by atoms with E-state index < -0.39 is 10.0 Å². The summed E-state index contributed by atoms with van der Waals surface area (Å²) in [5.41, 5.74) is 2.72. The molecule has 0 fully saturated rings. The third kappa shape index (κ3) is 2.85. The highest BCUT2D eigenvalue weighted by molar-refractivity contribution is 7.90. The highest BCUT2D eigenvalue weighted by Gasteiger charge is 2.26. The summed E-state index contributed by atoms with van der Waals surface area (Å²) in [6.45, 7) is 6.81. The third-order valence-corrected chi connectivity index (χ3v) is 6.25. The molecule has 7 heteroatoms. The van der Waals surface area contributed by atoms with E-state index in [1.165, 1.54) is 19.2 Å². The number of carbonyl (C=O) groups excluding carboxylic acids is 1. The van der Waals surface area contributed by atoms with E-state index in [4.69, 9.17) is 11.6 Å². The molecule has 0 aliphatic rings. The number of aromatic nitrogens is 2. The number of fused-ring (bicyclic) bond motifs is 1. The minimum atomic E-state index is -3.93. The molecule has 0 amide bonds. The van der Waals surface area contributed by atoms with Crippen LogP contribution in [0.15, 0.2) is 35.4 Å². The first kappa shape index (κ1) is 17.6. The zero-order chi connectivity index (χ0) is 18.5. The molecule has 2 heterocycles. The Labute approximate surface area is 151 Å². The normalized spacial score (nSPS) is 11.9. The maximum Gasteiger partial charge on any atom is 0.269 e. The predicted molar refractivity (Wildman–Crippen MR) is 98.0 cm³/mol. The lowest BCUT2D eigenvalue weighted by Gasteiger charge is -2.13. The molecule has 5 nitrogen and oxygen atoms in total. The van der Waals surface area contributed by atoms with Crippen LogP contribution in [0, 0.1) is 20.8 Å². The topological polar surface area (TPSA) is 69.0 Å². The maximum atomic E-state index is 13.3. The minimum Gasteiger partial charge on any atom is -0.294 e. The number of aryl methyl sites for hydroxylation is 3. The van der Waals surface area contributed by atoms with Gasteiger partial charge in [-0.25, -0.2) is 17.4 Å². The van der Waals surface area contributed by atoms with E-state index in [1.54, 1.807) is 19.9 Å². The van der Waals surface area contributed by atoms with Gasteiger partial charge in [0.05, 0.1) is 4.90 Å². The zero-order valence-corrected chi connectivity index (χ0v) is 15.9. The number of rotatable bonds is 3. The van der Waals surface area contributed by atoms with E-state index in [9.17, 15) is 13.2 Å². The maximum absolute atomic E-state index is 13.3. The Balaban J connectivity index is 2.40. The predicted octanol–water partition coefficient (Wildman–Crippen LogP) is 4.05. The first-order chi connectivity index (χ1) is 11.6. The summed E-state index contributed by atoms with van der Waals surface area (Å²) in [6, 6.07) is 6.79. The minimum absolute atomic E-state index is 0.150. The number of Topliss-reactive ketones (excluding diaryl/α,β-unsaturated/α-hetero) is 1. The van der Waals surface area contributed by atoms with Crippen LogP contribution >= 0.6 is 11.6 Å². The molecule has 0 aliphatic heterocycles. The van der Waals surface area contributed by atoms with E-state index in [0.29, 0.717) is 22.1 Å². The molecule has 3 rings (SSSR count). The van der Waals surface area contributed by atoms with Crippen molar-refractivity contribution in [3.05, 3.63) is 57.9 Å². The number of nitrogens with zero attached hydrogens (tertiary/aromatic N) is 2. The largest absolute Gasteiger partial charge is 0.294 e. The fourth-order valence-electron chi connectivity index (χ4n) is 3.19. The Hall–Kier alpha value is -2.18. The molecule has 0 saturated heterocycles. The molecule has 0 bridgehead atoms. The van der Waals surface area contributed by atoms with Crippen LogP contribution < -0.4 is 0 Å². The summed E-state index contributed by atoms with van der Waals surface area (Å²) in [5.74, 6) is -0.236. The number of carbonyl (C=O) groups is 1. The molecule has 1 aromatic carbocycles. The first-order valence-electron chi connectivity index (χ1n) is 7.65. The van der Waals surface area contributed by atoms with Gasteiger partial charge in [0, 0.05) is 17.1 Å². The van der Waals surface area contributed by atoms with Crippen molar-refractivity contribution in [3.8, 4) is 0 Å². The quantitative estimate of drug-likeness (QED) is 0.510. The van der Waals surface area contributed by atoms with Crippen molar-refractivity contribution in [2.24, 2.45) is 0 Å². The smallest absolute Gasteiger partial charge is 0.269 e. The number of ketones is 1. The summed E-state index contributed by atoms with van der Waals surface area (Å²) in [6.07, 6.45) is 1.32. The SMILES string of the molecule is CC(=O)c1cn(S(=O)(=O)c2c(C)cc(C)cc2C)c2nc(Cl)ccc12. The summed E-state index contributed by atoms with van der Waals surface area (Å²) in [5, 5.41) is 0.623. The van der Waals surface area contributed by atoms with Crippen molar-refractivity contribution in [2.45, 2.75) is 32.6 Å². The van der Waals surface area contributed by atoms with Gasteiger partial charge in [-0.3, -0.25) is 4.79 Å². The van der Waals surface area contributed by atoms with Crippen molar-refractivity contribution in [2.75, 3.05) is 0 Å². The Morgan fingerprint density at radius 2 is 1.72 bits per heavy atom. The van der Waals surface area contributed by atoms with Crippen LogP contribution in [0.2, 0.25) is 5.15 Å². The second-order valence-corrected chi connectivity index (χ2v) is 8.27. The fraction of sp³-hybridized carbons (Fsp3) is 0.222. The molecule has 0 unspecified atom stereocenters. The van der Waals surface area contributed by atoms with E-state index in [-0.39, 0.29) is 21.5 Å². The molecular weight excluding hydrogens is 360 g/mol. The average molecular weight is 377 g/mol. The molecule has 0 aliphatic carbocycles. The van der Waals surface area contributed by atoms with Crippen LogP contribution in [0.3, 0.4) is 0 Å². The molecular formula is C18H17ClN2O3S. The molecule has 3 aromatic rings. The van der Waals surface area contributed by atoms with Gasteiger partial charge in [-0.1, -0.05) is 29.3 Å². The van der Waals surface area contributed by atoms with Crippen LogP contribution in [0.4, 0.5) is 0 Å². The highest BCUT2D eigenvalue weighted by atomic mass is 35.5. The van der Waals surface area contributed by atoms with Crippen molar-refractivity contribution in [1.82, 2.24) is 8.96 Å². The van der Waals surface area contributed by atoms with Gasteiger partial charge in [0.15, 0.2) is 11.4 Å². The number of hydrogen-bond donors (Lipinski definition) is 0. The second kappa shape index (κ2) is 5.97. The Bertz CT molecular complexity index is 1110. The van der Waals surface area contributed by atoms with Gasteiger partial charge in [0.1, 0.15) is 5.15 Å². The van der Waals surface area contributed by atoms with Crippen LogP contribution in [0.25, 0.3) is 11.0 Å². The standard InChI is InChI=1S/C18H17ClN2O3S/c1-10-7-11(2)17(12(3)8-10)25(23,24)21-9-15(13(4)22)14-5-6-16(19)20-18(14)21/h5-9H,1-4H3. The van der Waals surface area contributed by atoms with Crippen LogP contribution in [0.1, 0.15) is 34.0 Å². The van der Waals surface area contributed by atoms with Gasteiger partial charge in [-0.2, -0.15) is 0 Å². The molecule has 0 saturated carbocycles. The molecule has 25 heavy (non-hydrogen) atoms. The van der Waals surface area contributed by atoms with Crippen LogP contribution in [-0.2, 0) is 10.0 Å². The molecule has 0 N–H and O–H groups in total. The number of halogens is 1. The van der Waals surface area contributed by atoms with Crippen molar-refractivity contribution in [3.63, 3.8) is 0 Å². The average Bonchev–Trinajstić information content (AvgIpc) is 2.85. The van der Waals surface area contributed by atoms with Gasteiger partial charge >= 0.3 is 0 Å². The fourth-order valence-corrected chi connectivity index (χ4v) is 5.07. The lowest BCUT2D eigenvalue weighted by molar-refractivity contribution is 0.101. The van der Waals surface area contributed by atoms with Gasteiger partial charge < -0.3 is 0 Å². The van der Waals surface area contributed by atoms with Gasteiger partial charge in [0.2, 0.25) is 0 Å². The summed E-state index contributed by atoms with van der Waals surface area (Å²) in [7, 11) is -3.93. The Morgan fingerprint density at radius 1 is 1.12 bits per heavy atom. The highest BCUT2D eigenvalue weighted by Crippen LogP contribution is 2.29. The third-order valence-electron chi connectivity index (χ3n) is 4.09. The molecule has 2 aromatic heterocycles. The van der Waals surface area contributed by atoms with Gasteiger partial charge in [-0.05, 0) is 51.0 Å². The first-order valence-corrected chi connectivity index (χ1v) is 9.46. The number of pyridine rings is 1. The molecule has 0 spiro atoms. The monoisotopic (exact) mass is 376 g/mol. The van der Waals surface area contributed by atoms with Crippen LogP contribution in [-0.4, -0.2) is 23.2 Å². The van der Waals surface area contributed by atoms with E-state index in [1.807, 2.05) is 19.1 Å². The Morgan fingerprint density at radius 3 is 2.28 bits per heavy atom. The van der Waals surface area contributed by atoms with E-state index in [0.717, 1.165) is 9.54 Å². The Kier molecular flexibility index (Phi) is 4.21. The van der Waals surface area contributed by atoms with Gasteiger partial charge in [0.25, 0.3) is 10.0 Å². The van der Waals surface area contributed by atoms with E-state index in [2.05, 4.69) is 4.98 Å². The lowest BCUT2D eigenvalue weighted by Crippen LogP contribution is -2.15. The summed E-state index contributed by atoms with van der Waals surface area (Å²) >= 11 is 5.95. The summed E-state index contributed by atoms with van der Waals surface area (Å²) < 4.78 is 27.7. The second-order valence-electron chi connectivity index (χ2n) is 6.13. The number of hydrogen-bond acceptors (Lipinski definition) is 4. The van der Waals surface area contributed by atoms with Crippen molar-refractivity contribution < 1.29 is 13.2 Å². The molecule has 130 valence electrons.